The molecule has 3 aromatic carbocycles. The van der Waals surface area contributed by atoms with Crippen molar-refractivity contribution in [3.63, 3.8) is 0 Å². The Balaban J connectivity index is 2.10. The summed E-state index contributed by atoms with van der Waals surface area (Å²) >= 11 is 6.45. The predicted molar refractivity (Wildman–Crippen MR) is 161 cm³/mol. The largest absolute Gasteiger partial charge is 0.352 e. The van der Waals surface area contributed by atoms with Crippen molar-refractivity contribution < 1.29 is 18.0 Å². The summed E-state index contributed by atoms with van der Waals surface area (Å²) in [6.45, 7) is 8.99. The van der Waals surface area contributed by atoms with E-state index in [-0.39, 0.29) is 23.4 Å². The molecule has 2 atom stereocenters. The van der Waals surface area contributed by atoms with Crippen LogP contribution in [0.3, 0.4) is 0 Å². The van der Waals surface area contributed by atoms with Gasteiger partial charge in [-0.1, -0.05) is 74.0 Å². The van der Waals surface area contributed by atoms with Gasteiger partial charge in [-0.2, -0.15) is 0 Å². The van der Waals surface area contributed by atoms with Crippen molar-refractivity contribution in [2.45, 2.75) is 71.0 Å². The van der Waals surface area contributed by atoms with Crippen molar-refractivity contribution in [2.75, 3.05) is 10.8 Å². The minimum Gasteiger partial charge on any atom is -0.352 e. The van der Waals surface area contributed by atoms with Gasteiger partial charge in [0.1, 0.15) is 12.6 Å². The van der Waals surface area contributed by atoms with Crippen molar-refractivity contribution in [3.05, 3.63) is 94.5 Å². The number of rotatable bonds is 12. The lowest BCUT2D eigenvalue weighted by Gasteiger charge is -2.34. The third-order valence-electron chi connectivity index (χ3n) is 7.14. The zero-order valence-corrected chi connectivity index (χ0v) is 25.3. The van der Waals surface area contributed by atoms with Gasteiger partial charge in [-0.25, -0.2) is 8.42 Å². The average Bonchev–Trinajstić information content (AvgIpc) is 2.94. The molecule has 0 saturated heterocycles. The van der Waals surface area contributed by atoms with Crippen LogP contribution in [0.4, 0.5) is 5.69 Å². The number of anilines is 1. The maximum absolute atomic E-state index is 14.2. The third-order valence-corrected chi connectivity index (χ3v) is 9.28. The molecule has 0 bridgehead atoms. The van der Waals surface area contributed by atoms with E-state index in [1.807, 2.05) is 46.8 Å². The minimum absolute atomic E-state index is 0.0525. The van der Waals surface area contributed by atoms with Gasteiger partial charge >= 0.3 is 0 Å². The van der Waals surface area contributed by atoms with Gasteiger partial charge in [0.05, 0.1) is 10.6 Å². The van der Waals surface area contributed by atoms with Gasteiger partial charge in [0.2, 0.25) is 11.8 Å². The first kappa shape index (κ1) is 31.2. The Morgan fingerprint density at radius 2 is 1.55 bits per heavy atom. The first-order chi connectivity index (χ1) is 19.0. The Bertz CT molecular complexity index is 1430. The summed E-state index contributed by atoms with van der Waals surface area (Å²) in [6, 6.07) is 19.6. The normalized spacial score (nSPS) is 12.8. The SMILES string of the molecule is CC[C@@H](C)NC(=O)[C@H](CC)N(Cc1ccccc1Cl)C(=O)CN(c1cccc(C)c1C)S(=O)(=O)c1ccccc1. The monoisotopic (exact) mass is 583 g/mol. The third kappa shape index (κ3) is 7.23. The van der Waals surface area contributed by atoms with Crippen molar-refractivity contribution >= 4 is 39.1 Å². The van der Waals surface area contributed by atoms with E-state index < -0.39 is 28.5 Å². The van der Waals surface area contributed by atoms with Crippen LogP contribution in [0.1, 0.15) is 50.3 Å². The summed E-state index contributed by atoms with van der Waals surface area (Å²) < 4.78 is 29.1. The van der Waals surface area contributed by atoms with E-state index >= 15 is 0 Å². The van der Waals surface area contributed by atoms with Gasteiger partial charge in [-0.05, 0) is 74.6 Å². The van der Waals surface area contributed by atoms with Crippen LogP contribution >= 0.6 is 11.6 Å². The van der Waals surface area contributed by atoms with E-state index in [4.69, 9.17) is 11.6 Å². The molecule has 214 valence electrons. The molecular formula is C31H38ClN3O4S. The van der Waals surface area contributed by atoms with E-state index in [9.17, 15) is 18.0 Å². The number of amides is 2. The van der Waals surface area contributed by atoms with E-state index in [0.29, 0.717) is 22.7 Å². The topological polar surface area (TPSA) is 86.8 Å². The number of carbonyl (C=O) groups is 2. The predicted octanol–water partition coefficient (Wildman–Crippen LogP) is 5.87. The first-order valence-electron chi connectivity index (χ1n) is 13.5. The second-order valence-corrected chi connectivity index (χ2v) is 12.2. The van der Waals surface area contributed by atoms with Crippen molar-refractivity contribution in [1.29, 1.82) is 0 Å². The summed E-state index contributed by atoms with van der Waals surface area (Å²) in [5.41, 5.74) is 2.71. The number of sulfonamides is 1. The molecule has 0 saturated carbocycles. The zero-order valence-electron chi connectivity index (χ0n) is 23.7. The van der Waals surface area contributed by atoms with E-state index in [2.05, 4.69) is 5.32 Å². The molecule has 0 radical (unpaired) electrons. The van der Waals surface area contributed by atoms with E-state index in [1.165, 1.54) is 17.0 Å². The van der Waals surface area contributed by atoms with Gasteiger partial charge in [-0.3, -0.25) is 13.9 Å². The number of aryl methyl sites for hydroxylation is 1. The molecular weight excluding hydrogens is 546 g/mol. The number of carbonyl (C=O) groups excluding carboxylic acids is 2. The Labute approximate surface area is 243 Å². The highest BCUT2D eigenvalue weighted by molar-refractivity contribution is 7.92. The molecule has 0 aliphatic carbocycles. The molecule has 3 rings (SSSR count). The molecule has 40 heavy (non-hydrogen) atoms. The van der Waals surface area contributed by atoms with Crippen LogP contribution in [0.25, 0.3) is 0 Å². The van der Waals surface area contributed by atoms with E-state index in [1.54, 1.807) is 48.5 Å². The van der Waals surface area contributed by atoms with E-state index in [0.717, 1.165) is 21.9 Å². The molecule has 7 nitrogen and oxygen atoms in total. The fourth-order valence-corrected chi connectivity index (χ4v) is 6.10. The molecule has 0 spiro atoms. The quantitative estimate of drug-likeness (QED) is 0.289. The molecule has 0 aliphatic rings. The summed E-state index contributed by atoms with van der Waals surface area (Å²) in [6.07, 6.45) is 1.07. The average molecular weight is 584 g/mol. The Morgan fingerprint density at radius 1 is 0.900 bits per heavy atom. The fourth-order valence-electron chi connectivity index (χ4n) is 4.41. The number of hydrogen-bond donors (Lipinski definition) is 1. The summed E-state index contributed by atoms with van der Waals surface area (Å²) in [7, 11) is -4.12. The second kappa shape index (κ2) is 13.8. The Kier molecular flexibility index (Phi) is 10.8. The lowest BCUT2D eigenvalue weighted by atomic mass is 10.1. The van der Waals surface area contributed by atoms with Crippen LogP contribution < -0.4 is 9.62 Å². The first-order valence-corrected chi connectivity index (χ1v) is 15.3. The molecule has 0 unspecified atom stereocenters. The molecule has 0 aromatic heterocycles. The van der Waals surface area contributed by atoms with Crippen LogP contribution in [-0.2, 0) is 26.2 Å². The van der Waals surface area contributed by atoms with Crippen molar-refractivity contribution in [3.8, 4) is 0 Å². The summed E-state index contributed by atoms with van der Waals surface area (Å²) in [5, 5.41) is 3.44. The van der Waals surface area contributed by atoms with Crippen molar-refractivity contribution in [1.82, 2.24) is 10.2 Å². The number of halogens is 1. The summed E-state index contributed by atoms with van der Waals surface area (Å²) in [4.78, 5) is 29.1. The summed E-state index contributed by atoms with van der Waals surface area (Å²) in [5.74, 6) is -0.798. The number of nitrogens with zero attached hydrogens (tertiary/aromatic N) is 2. The zero-order chi connectivity index (χ0) is 29.4. The smallest absolute Gasteiger partial charge is 0.264 e. The number of benzene rings is 3. The number of nitrogens with one attached hydrogen (secondary N) is 1. The van der Waals surface area contributed by atoms with Gasteiger partial charge in [-0.15, -0.1) is 0 Å². The van der Waals surface area contributed by atoms with Crippen LogP contribution in [0.2, 0.25) is 5.02 Å². The second-order valence-electron chi connectivity index (χ2n) is 9.90. The van der Waals surface area contributed by atoms with Crippen LogP contribution in [0.15, 0.2) is 77.7 Å². The highest BCUT2D eigenvalue weighted by Crippen LogP contribution is 2.29. The van der Waals surface area contributed by atoms with Gasteiger partial charge in [0.25, 0.3) is 10.0 Å². The maximum atomic E-state index is 14.2. The minimum atomic E-state index is -4.12. The van der Waals surface area contributed by atoms with Crippen molar-refractivity contribution in [2.24, 2.45) is 0 Å². The molecule has 0 fully saturated rings. The molecule has 9 heteroatoms. The van der Waals surface area contributed by atoms with Gasteiger partial charge in [0, 0.05) is 17.6 Å². The fraction of sp³-hybridized carbons (Fsp3) is 0.355. The highest BCUT2D eigenvalue weighted by Gasteiger charge is 2.34. The highest BCUT2D eigenvalue weighted by atomic mass is 35.5. The molecule has 1 N–H and O–H groups in total. The standard InChI is InChI=1S/C31H38ClN3O4S/c1-6-23(4)33-31(37)28(7-2)34(20-25-15-11-12-18-27(25)32)30(36)21-35(29-19-13-14-22(3)24(29)5)40(38,39)26-16-9-8-10-17-26/h8-19,23,28H,6-7,20-21H2,1-5H3,(H,33,37)/t23-,28+/m1/s1. The molecule has 3 aromatic rings. The van der Waals surface area contributed by atoms with Crippen LogP contribution in [0, 0.1) is 13.8 Å². The maximum Gasteiger partial charge on any atom is 0.264 e. The lowest BCUT2D eigenvalue weighted by molar-refractivity contribution is -0.140. The van der Waals surface area contributed by atoms with Gasteiger partial charge in [0.15, 0.2) is 0 Å². The molecule has 0 heterocycles. The van der Waals surface area contributed by atoms with Gasteiger partial charge < -0.3 is 10.2 Å². The van der Waals surface area contributed by atoms with Crippen LogP contribution in [0.5, 0.6) is 0 Å². The lowest BCUT2D eigenvalue weighted by Crippen LogP contribution is -2.53. The van der Waals surface area contributed by atoms with Crippen LogP contribution in [-0.4, -0.2) is 43.8 Å². The Morgan fingerprint density at radius 3 is 2.17 bits per heavy atom. The Hall–Kier alpha value is -3.36. The molecule has 2 amide bonds. The number of hydrogen-bond acceptors (Lipinski definition) is 4. The molecule has 0 aliphatic heterocycles.